The summed E-state index contributed by atoms with van der Waals surface area (Å²) in [5.41, 5.74) is 2.50. The van der Waals surface area contributed by atoms with E-state index in [2.05, 4.69) is 10.2 Å². The van der Waals surface area contributed by atoms with Crippen molar-refractivity contribution in [3.05, 3.63) is 69.8 Å². The lowest BCUT2D eigenvalue weighted by atomic mass is 10.0. The fourth-order valence-electron chi connectivity index (χ4n) is 3.18. The van der Waals surface area contributed by atoms with Gasteiger partial charge < -0.3 is 5.32 Å². The van der Waals surface area contributed by atoms with Crippen molar-refractivity contribution in [1.29, 1.82) is 0 Å². The standard InChI is InChI=1S/C19H21N3O3/c1-14-7-9-16(10-8-14)20-19(23)18(21-11-2-3-12-21)15-5-4-6-17(13-15)22(24)25/h4-10,13,18H,2-3,11-12H2,1H3,(H,20,23). The lowest BCUT2D eigenvalue weighted by Crippen LogP contribution is -2.35. The highest BCUT2D eigenvalue weighted by Gasteiger charge is 2.30. The van der Waals surface area contributed by atoms with E-state index >= 15 is 0 Å². The van der Waals surface area contributed by atoms with Gasteiger partial charge in [-0.25, -0.2) is 0 Å². The van der Waals surface area contributed by atoms with E-state index in [0.717, 1.165) is 37.2 Å². The van der Waals surface area contributed by atoms with Gasteiger partial charge in [0.2, 0.25) is 5.91 Å². The van der Waals surface area contributed by atoms with Gasteiger partial charge >= 0.3 is 0 Å². The third kappa shape index (κ3) is 4.03. The summed E-state index contributed by atoms with van der Waals surface area (Å²) in [4.78, 5) is 25.7. The first kappa shape index (κ1) is 17.1. The molecule has 1 heterocycles. The molecule has 0 spiro atoms. The molecule has 1 aliphatic rings. The number of carbonyl (C=O) groups excluding carboxylic acids is 1. The fraction of sp³-hybridized carbons (Fsp3) is 0.316. The Labute approximate surface area is 146 Å². The van der Waals surface area contributed by atoms with Crippen molar-refractivity contribution < 1.29 is 9.72 Å². The van der Waals surface area contributed by atoms with Crippen molar-refractivity contribution in [3.8, 4) is 0 Å². The summed E-state index contributed by atoms with van der Waals surface area (Å²) in [7, 11) is 0. The zero-order valence-electron chi connectivity index (χ0n) is 14.1. The van der Waals surface area contributed by atoms with Gasteiger partial charge in [0.1, 0.15) is 6.04 Å². The van der Waals surface area contributed by atoms with Gasteiger partial charge in [0.15, 0.2) is 0 Å². The number of nitro benzene ring substituents is 1. The Bertz CT molecular complexity index is 768. The minimum absolute atomic E-state index is 0.00447. The number of non-ortho nitro benzene ring substituents is 1. The van der Waals surface area contributed by atoms with E-state index in [0.29, 0.717) is 5.56 Å². The number of rotatable bonds is 5. The van der Waals surface area contributed by atoms with Crippen LogP contribution in [0.4, 0.5) is 11.4 Å². The Morgan fingerprint density at radius 2 is 1.84 bits per heavy atom. The molecule has 0 radical (unpaired) electrons. The molecule has 0 saturated carbocycles. The molecule has 1 N–H and O–H groups in total. The molecule has 2 aromatic rings. The van der Waals surface area contributed by atoms with Crippen LogP contribution in [0.1, 0.15) is 30.0 Å². The first-order valence-corrected chi connectivity index (χ1v) is 8.40. The summed E-state index contributed by atoms with van der Waals surface area (Å²) >= 11 is 0. The first-order valence-electron chi connectivity index (χ1n) is 8.40. The summed E-state index contributed by atoms with van der Waals surface area (Å²) in [5.74, 6) is -0.161. The number of likely N-dealkylation sites (tertiary alicyclic amines) is 1. The van der Waals surface area contributed by atoms with Gasteiger partial charge in [0, 0.05) is 17.8 Å². The highest BCUT2D eigenvalue weighted by molar-refractivity contribution is 5.95. The van der Waals surface area contributed by atoms with E-state index in [4.69, 9.17) is 0 Å². The van der Waals surface area contributed by atoms with Crippen LogP contribution in [0, 0.1) is 17.0 Å². The van der Waals surface area contributed by atoms with Gasteiger partial charge in [-0.05, 0) is 50.6 Å². The Kier molecular flexibility index (Phi) is 5.09. The number of amides is 1. The maximum absolute atomic E-state index is 12.9. The maximum atomic E-state index is 12.9. The normalized spacial score (nSPS) is 15.7. The number of nitro groups is 1. The number of carbonyl (C=O) groups is 1. The largest absolute Gasteiger partial charge is 0.324 e. The Hall–Kier alpha value is -2.73. The first-order chi connectivity index (χ1) is 12.0. The van der Waals surface area contributed by atoms with Crippen LogP contribution in [0.2, 0.25) is 0 Å². The van der Waals surface area contributed by atoms with E-state index < -0.39 is 11.0 Å². The Balaban J connectivity index is 1.89. The molecule has 1 saturated heterocycles. The van der Waals surface area contributed by atoms with Gasteiger partial charge in [-0.2, -0.15) is 0 Å². The van der Waals surface area contributed by atoms with Gasteiger partial charge in [-0.3, -0.25) is 19.8 Å². The summed E-state index contributed by atoms with van der Waals surface area (Å²) in [6.07, 6.45) is 2.06. The molecule has 130 valence electrons. The Morgan fingerprint density at radius 1 is 1.16 bits per heavy atom. The van der Waals surface area contributed by atoms with Gasteiger partial charge in [-0.15, -0.1) is 0 Å². The molecule has 6 heteroatoms. The highest BCUT2D eigenvalue weighted by Crippen LogP contribution is 2.29. The van der Waals surface area contributed by atoms with Gasteiger partial charge in [-0.1, -0.05) is 29.8 Å². The van der Waals surface area contributed by atoms with Crippen LogP contribution in [0.5, 0.6) is 0 Å². The molecule has 1 amide bonds. The smallest absolute Gasteiger partial charge is 0.269 e. The zero-order chi connectivity index (χ0) is 17.8. The molecule has 1 aliphatic heterocycles. The molecule has 1 fully saturated rings. The van der Waals surface area contributed by atoms with Crippen molar-refractivity contribution in [2.45, 2.75) is 25.8 Å². The minimum Gasteiger partial charge on any atom is -0.324 e. The molecule has 3 rings (SSSR count). The minimum atomic E-state index is -0.524. The number of nitrogens with one attached hydrogen (secondary N) is 1. The second-order valence-corrected chi connectivity index (χ2v) is 6.35. The van der Waals surface area contributed by atoms with Crippen molar-refractivity contribution in [1.82, 2.24) is 4.90 Å². The van der Waals surface area contributed by atoms with Gasteiger partial charge in [0.05, 0.1) is 4.92 Å². The fourth-order valence-corrected chi connectivity index (χ4v) is 3.18. The average molecular weight is 339 g/mol. The second-order valence-electron chi connectivity index (χ2n) is 6.35. The number of benzene rings is 2. The summed E-state index contributed by atoms with van der Waals surface area (Å²) in [6.45, 7) is 3.62. The molecule has 25 heavy (non-hydrogen) atoms. The van der Waals surface area contributed by atoms with Crippen LogP contribution in [0.15, 0.2) is 48.5 Å². The summed E-state index contributed by atoms with van der Waals surface area (Å²) < 4.78 is 0. The number of hydrogen-bond donors (Lipinski definition) is 1. The van der Waals surface area contributed by atoms with Crippen molar-refractivity contribution in [2.24, 2.45) is 0 Å². The molecule has 0 aromatic heterocycles. The van der Waals surface area contributed by atoms with Crippen molar-refractivity contribution >= 4 is 17.3 Å². The van der Waals surface area contributed by atoms with E-state index in [1.165, 1.54) is 12.1 Å². The topological polar surface area (TPSA) is 75.5 Å². The Morgan fingerprint density at radius 3 is 2.48 bits per heavy atom. The van der Waals surface area contributed by atoms with Crippen molar-refractivity contribution in [2.75, 3.05) is 18.4 Å². The number of anilines is 1. The SMILES string of the molecule is Cc1ccc(NC(=O)C(c2cccc([N+](=O)[O-])c2)N2CCCC2)cc1. The molecular weight excluding hydrogens is 318 g/mol. The van der Waals surface area contributed by atoms with E-state index in [9.17, 15) is 14.9 Å². The lowest BCUT2D eigenvalue weighted by Gasteiger charge is -2.26. The number of hydrogen-bond acceptors (Lipinski definition) is 4. The maximum Gasteiger partial charge on any atom is 0.269 e. The molecular formula is C19H21N3O3. The third-order valence-electron chi connectivity index (χ3n) is 4.47. The molecule has 0 bridgehead atoms. The van der Waals surface area contributed by atoms with Crippen LogP contribution in [-0.4, -0.2) is 28.8 Å². The van der Waals surface area contributed by atoms with Crippen LogP contribution in [0.3, 0.4) is 0 Å². The van der Waals surface area contributed by atoms with E-state index in [1.807, 2.05) is 31.2 Å². The van der Waals surface area contributed by atoms with Crippen LogP contribution in [-0.2, 0) is 4.79 Å². The average Bonchev–Trinajstić information content (AvgIpc) is 3.11. The number of aryl methyl sites for hydroxylation is 1. The monoisotopic (exact) mass is 339 g/mol. The van der Waals surface area contributed by atoms with Crippen LogP contribution < -0.4 is 5.32 Å². The molecule has 1 unspecified atom stereocenters. The van der Waals surface area contributed by atoms with Gasteiger partial charge in [0.25, 0.3) is 5.69 Å². The number of nitrogens with zero attached hydrogens (tertiary/aromatic N) is 2. The summed E-state index contributed by atoms with van der Waals surface area (Å²) in [5, 5.41) is 14.0. The molecule has 6 nitrogen and oxygen atoms in total. The van der Waals surface area contributed by atoms with Crippen LogP contribution >= 0.6 is 0 Å². The molecule has 2 aromatic carbocycles. The third-order valence-corrected chi connectivity index (χ3v) is 4.47. The molecule has 0 aliphatic carbocycles. The quantitative estimate of drug-likeness (QED) is 0.666. The van der Waals surface area contributed by atoms with Crippen molar-refractivity contribution in [3.63, 3.8) is 0 Å². The lowest BCUT2D eigenvalue weighted by molar-refractivity contribution is -0.384. The summed E-state index contributed by atoms with van der Waals surface area (Å²) in [6, 6.07) is 13.4. The predicted octanol–water partition coefficient (Wildman–Crippen LogP) is 3.68. The van der Waals surface area contributed by atoms with Crippen LogP contribution in [0.25, 0.3) is 0 Å². The second kappa shape index (κ2) is 7.44. The van der Waals surface area contributed by atoms with E-state index in [1.54, 1.807) is 12.1 Å². The molecule has 1 atom stereocenters. The highest BCUT2D eigenvalue weighted by atomic mass is 16.6. The predicted molar refractivity (Wildman–Crippen MR) is 96.5 cm³/mol. The zero-order valence-corrected chi connectivity index (χ0v) is 14.1. The van der Waals surface area contributed by atoms with E-state index in [-0.39, 0.29) is 11.6 Å².